The molecule has 1 heterocycles. The van der Waals surface area contributed by atoms with Gasteiger partial charge in [0.1, 0.15) is 6.61 Å². The van der Waals surface area contributed by atoms with Gasteiger partial charge in [-0.1, -0.05) is 27.7 Å². The van der Waals surface area contributed by atoms with Gasteiger partial charge >= 0.3 is 0 Å². The molecule has 114 valence electrons. The molecular weight excluding hydrogens is 252 g/mol. The van der Waals surface area contributed by atoms with E-state index < -0.39 is 0 Å². The molecule has 1 rings (SSSR count). The number of rotatable bonds is 8. The van der Waals surface area contributed by atoms with Gasteiger partial charge in [-0.15, -0.1) is 0 Å². The maximum atomic E-state index is 5.67. The zero-order valence-electron chi connectivity index (χ0n) is 13.5. The lowest BCUT2D eigenvalue weighted by Crippen LogP contribution is -2.18. The first kappa shape index (κ1) is 16.9. The van der Waals surface area contributed by atoms with E-state index in [9.17, 15) is 0 Å². The van der Waals surface area contributed by atoms with E-state index in [1.807, 2.05) is 6.07 Å². The van der Waals surface area contributed by atoms with Gasteiger partial charge < -0.3 is 14.8 Å². The van der Waals surface area contributed by atoms with Crippen molar-refractivity contribution >= 4 is 0 Å². The standard InChI is InChI=1S/C16H28N2O2/c1-6-7-17-12-13-10-14(16(2,3)4)18-15(11-13)20-9-8-19-5/h10-11,17H,6-9,12H2,1-5H3. The van der Waals surface area contributed by atoms with Gasteiger partial charge in [-0.2, -0.15) is 0 Å². The molecule has 0 aromatic carbocycles. The number of hydrogen-bond donors (Lipinski definition) is 1. The molecule has 0 aliphatic carbocycles. The van der Waals surface area contributed by atoms with Crippen LogP contribution in [0.4, 0.5) is 0 Å². The van der Waals surface area contributed by atoms with Gasteiger partial charge in [0.15, 0.2) is 0 Å². The van der Waals surface area contributed by atoms with Crippen LogP contribution in [0.5, 0.6) is 5.88 Å². The summed E-state index contributed by atoms with van der Waals surface area (Å²) in [6.07, 6.45) is 1.13. The monoisotopic (exact) mass is 280 g/mol. The summed E-state index contributed by atoms with van der Waals surface area (Å²) in [6, 6.07) is 4.17. The third-order valence-corrected chi connectivity index (χ3v) is 2.92. The topological polar surface area (TPSA) is 43.4 Å². The van der Waals surface area contributed by atoms with E-state index in [4.69, 9.17) is 9.47 Å². The number of nitrogens with zero attached hydrogens (tertiary/aromatic N) is 1. The average molecular weight is 280 g/mol. The number of pyridine rings is 1. The lowest BCUT2D eigenvalue weighted by atomic mass is 9.91. The predicted octanol–water partition coefficient (Wildman–Crippen LogP) is 2.90. The van der Waals surface area contributed by atoms with Crippen molar-refractivity contribution in [1.29, 1.82) is 0 Å². The van der Waals surface area contributed by atoms with Crippen LogP contribution in [-0.2, 0) is 16.7 Å². The maximum absolute atomic E-state index is 5.67. The summed E-state index contributed by atoms with van der Waals surface area (Å²) < 4.78 is 10.7. The lowest BCUT2D eigenvalue weighted by molar-refractivity contribution is 0.143. The summed E-state index contributed by atoms with van der Waals surface area (Å²) in [5, 5.41) is 3.42. The Morgan fingerprint density at radius 3 is 2.55 bits per heavy atom. The largest absolute Gasteiger partial charge is 0.475 e. The number of ether oxygens (including phenoxy) is 2. The Labute approximate surface area is 122 Å². The van der Waals surface area contributed by atoms with Crippen molar-refractivity contribution in [3.63, 3.8) is 0 Å². The highest BCUT2D eigenvalue weighted by Gasteiger charge is 2.17. The molecule has 0 spiro atoms. The number of hydrogen-bond acceptors (Lipinski definition) is 4. The fraction of sp³-hybridized carbons (Fsp3) is 0.688. The average Bonchev–Trinajstić information content (AvgIpc) is 2.38. The quantitative estimate of drug-likeness (QED) is 0.744. The Kier molecular flexibility index (Phi) is 6.96. The third kappa shape index (κ3) is 5.88. The molecule has 0 amide bonds. The van der Waals surface area contributed by atoms with E-state index in [2.05, 4.69) is 44.1 Å². The second-order valence-corrected chi connectivity index (χ2v) is 5.97. The van der Waals surface area contributed by atoms with E-state index in [1.54, 1.807) is 7.11 Å². The summed E-state index contributed by atoms with van der Waals surface area (Å²) in [5.74, 6) is 0.683. The van der Waals surface area contributed by atoms with Crippen LogP contribution in [-0.4, -0.2) is 31.9 Å². The van der Waals surface area contributed by atoms with Crippen molar-refractivity contribution in [2.75, 3.05) is 26.9 Å². The van der Waals surface area contributed by atoms with Crippen molar-refractivity contribution in [1.82, 2.24) is 10.3 Å². The highest BCUT2D eigenvalue weighted by atomic mass is 16.5. The maximum Gasteiger partial charge on any atom is 0.213 e. The molecule has 0 bridgehead atoms. The Balaban J connectivity index is 2.84. The molecule has 0 aliphatic heterocycles. The highest BCUT2D eigenvalue weighted by Crippen LogP contribution is 2.24. The first-order valence-electron chi connectivity index (χ1n) is 7.31. The van der Waals surface area contributed by atoms with Crippen LogP contribution in [0.1, 0.15) is 45.4 Å². The van der Waals surface area contributed by atoms with E-state index in [0.717, 1.165) is 25.2 Å². The van der Waals surface area contributed by atoms with E-state index in [-0.39, 0.29) is 5.41 Å². The second-order valence-electron chi connectivity index (χ2n) is 5.97. The smallest absolute Gasteiger partial charge is 0.213 e. The van der Waals surface area contributed by atoms with E-state index in [0.29, 0.717) is 19.1 Å². The molecule has 0 aliphatic rings. The van der Waals surface area contributed by atoms with Crippen LogP contribution in [0.3, 0.4) is 0 Å². The molecule has 20 heavy (non-hydrogen) atoms. The minimum Gasteiger partial charge on any atom is -0.475 e. The zero-order chi connectivity index (χ0) is 15.0. The van der Waals surface area contributed by atoms with Crippen molar-refractivity contribution in [2.24, 2.45) is 0 Å². The number of aromatic nitrogens is 1. The van der Waals surface area contributed by atoms with E-state index in [1.165, 1.54) is 5.56 Å². The van der Waals surface area contributed by atoms with E-state index >= 15 is 0 Å². The molecule has 1 N–H and O–H groups in total. The minimum absolute atomic E-state index is 0.0140. The van der Waals surface area contributed by atoms with Crippen LogP contribution in [0.25, 0.3) is 0 Å². The fourth-order valence-corrected chi connectivity index (χ4v) is 1.76. The molecule has 4 nitrogen and oxygen atoms in total. The van der Waals surface area contributed by atoms with Crippen molar-refractivity contribution in [3.05, 3.63) is 23.4 Å². The predicted molar refractivity (Wildman–Crippen MR) is 82.3 cm³/mol. The van der Waals surface area contributed by atoms with Crippen molar-refractivity contribution in [3.8, 4) is 5.88 Å². The summed E-state index contributed by atoms with van der Waals surface area (Å²) in [4.78, 5) is 4.60. The molecule has 0 unspecified atom stereocenters. The fourth-order valence-electron chi connectivity index (χ4n) is 1.76. The molecule has 0 saturated heterocycles. The third-order valence-electron chi connectivity index (χ3n) is 2.92. The summed E-state index contributed by atoms with van der Waals surface area (Å²) in [5.41, 5.74) is 2.28. The van der Waals surface area contributed by atoms with Gasteiger partial charge in [-0.05, 0) is 24.6 Å². The Hall–Kier alpha value is -1.13. The number of nitrogens with one attached hydrogen (secondary N) is 1. The van der Waals surface area contributed by atoms with Crippen LogP contribution in [0.2, 0.25) is 0 Å². The van der Waals surface area contributed by atoms with Gasteiger partial charge in [0.2, 0.25) is 5.88 Å². The van der Waals surface area contributed by atoms with Gasteiger partial charge in [0.05, 0.1) is 12.3 Å². The van der Waals surface area contributed by atoms with Crippen LogP contribution >= 0.6 is 0 Å². The van der Waals surface area contributed by atoms with Gasteiger partial charge in [0, 0.05) is 25.1 Å². The first-order valence-corrected chi connectivity index (χ1v) is 7.31. The molecule has 4 heteroatoms. The van der Waals surface area contributed by atoms with Crippen LogP contribution < -0.4 is 10.1 Å². The highest BCUT2D eigenvalue weighted by molar-refractivity contribution is 5.28. The molecular formula is C16H28N2O2. The van der Waals surface area contributed by atoms with Crippen molar-refractivity contribution < 1.29 is 9.47 Å². The normalized spacial score (nSPS) is 11.7. The summed E-state index contributed by atoms with van der Waals surface area (Å²) in [7, 11) is 1.67. The van der Waals surface area contributed by atoms with Gasteiger partial charge in [-0.3, -0.25) is 0 Å². The van der Waals surface area contributed by atoms with Gasteiger partial charge in [0.25, 0.3) is 0 Å². The first-order chi connectivity index (χ1) is 9.47. The Bertz CT molecular complexity index is 372. The summed E-state index contributed by atoms with van der Waals surface area (Å²) >= 11 is 0. The molecule has 0 saturated carbocycles. The Morgan fingerprint density at radius 2 is 1.95 bits per heavy atom. The number of methoxy groups -OCH3 is 1. The van der Waals surface area contributed by atoms with Gasteiger partial charge in [-0.25, -0.2) is 4.98 Å². The minimum atomic E-state index is 0.0140. The zero-order valence-corrected chi connectivity index (χ0v) is 13.5. The van der Waals surface area contributed by atoms with Crippen LogP contribution in [0.15, 0.2) is 12.1 Å². The molecule has 0 atom stereocenters. The summed E-state index contributed by atoms with van der Waals surface area (Å²) in [6.45, 7) is 11.6. The van der Waals surface area contributed by atoms with Crippen LogP contribution in [0, 0.1) is 0 Å². The molecule has 1 aromatic heterocycles. The second kappa shape index (κ2) is 8.22. The molecule has 1 aromatic rings. The van der Waals surface area contributed by atoms with Crippen molar-refractivity contribution in [2.45, 2.75) is 46.1 Å². The molecule has 0 fully saturated rings. The SMILES string of the molecule is CCCNCc1cc(OCCOC)nc(C(C)(C)C)c1. The molecule has 0 radical (unpaired) electrons. The Morgan fingerprint density at radius 1 is 1.20 bits per heavy atom. The lowest BCUT2D eigenvalue weighted by Gasteiger charge is -2.20.